The van der Waals surface area contributed by atoms with Crippen LogP contribution in [0.2, 0.25) is 0 Å². The van der Waals surface area contributed by atoms with E-state index in [9.17, 15) is 0 Å². The average molecular weight is 682 g/mol. The Labute approximate surface area is 309 Å². The molecule has 1 aliphatic rings. The molecule has 0 atom stereocenters. The normalized spacial score (nSPS) is 12.0. The zero-order chi connectivity index (χ0) is 35.6. The molecule has 0 bridgehead atoms. The molecule has 0 radical (unpaired) electrons. The van der Waals surface area contributed by atoms with Gasteiger partial charge in [-0.05, 0) is 67.1 Å². The number of pyridine rings is 3. The van der Waals surface area contributed by atoms with Crippen molar-refractivity contribution in [3.8, 4) is 56.3 Å². The van der Waals surface area contributed by atoms with E-state index in [1.807, 2.05) is 0 Å². The van der Waals surface area contributed by atoms with Crippen molar-refractivity contribution in [2.75, 3.05) is 0 Å². The summed E-state index contributed by atoms with van der Waals surface area (Å²) in [4.78, 5) is 0. The van der Waals surface area contributed by atoms with E-state index in [-0.39, 0.29) is 0 Å². The Morgan fingerprint density at radius 3 is 1.92 bits per heavy atom. The van der Waals surface area contributed by atoms with Gasteiger partial charge in [-0.1, -0.05) is 66.7 Å². The summed E-state index contributed by atoms with van der Waals surface area (Å²) in [5.41, 5.74) is 16.8. The lowest BCUT2D eigenvalue weighted by atomic mass is 9.98. The molecule has 5 aromatic carbocycles. The monoisotopic (exact) mass is 681 g/mol. The predicted molar refractivity (Wildman–Crippen MR) is 215 cm³/mol. The highest BCUT2D eigenvalue weighted by Gasteiger charge is 2.33. The fraction of sp³-hybridized carbons (Fsp3) is 0.0408. The summed E-state index contributed by atoms with van der Waals surface area (Å²) >= 11 is 0. The number of aryl methyl sites for hydroxylation is 2. The number of hydrogen-bond donors (Lipinski definition) is 0. The predicted octanol–water partition coefficient (Wildman–Crippen LogP) is 9.98. The zero-order valence-electron chi connectivity index (χ0n) is 29.7. The standard InChI is InChI=1S/C49H37N4/c1-33-25-26-47-42(31-33)46-24-10-12-28-51(46)34(2)36-15-4-5-16-38(36)44-23-11-13-29-52(44)45-22-9-7-18-41(45)48-32-35(27-30-53(47)48)37-19-14-20-40-39-17-6-8-21-43(39)50(3)49(37)40/h4-32H,2H2,1,3H3/q+3. The van der Waals surface area contributed by atoms with Crippen LogP contribution >= 0.6 is 0 Å². The highest BCUT2D eigenvalue weighted by atomic mass is 15.0. The Kier molecular flexibility index (Phi) is 7.05. The van der Waals surface area contributed by atoms with Crippen molar-refractivity contribution in [3.63, 3.8) is 0 Å². The van der Waals surface area contributed by atoms with Gasteiger partial charge in [0, 0.05) is 77.4 Å². The molecule has 4 nitrogen and oxygen atoms in total. The molecule has 0 unspecified atom stereocenters. The van der Waals surface area contributed by atoms with Crippen LogP contribution in [-0.2, 0) is 7.05 Å². The fourth-order valence-corrected chi connectivity index (χ4v) is 8.38. The molecule has 4 aromatic heterocycles. The van der Waals surface area contributed by atoms with E-state index in [4.69, 9.17) is 6.58 Å². The molecule has 4 heteroatoms. The van der Waals surface area contributed by atoms with Crippen LogP contribution in [0, 0.1) is 6.92 Å². The van der Waals surface area contributed by atoms with Crippen LogP contribution in [0.4, 0.5) is 0 Å². The van der Waals surface area contributed by atoms with Crippen LogP contribution < -0.4 is 13.7 Å². The molecule has 0 fully saturated rings. The van der Waals surface area contributed by atoms with Gasteiger partial charge in [-0.3, -0.25) is 0 Å². The molecule has 0 amide bonds. The topological polar surface area (TPSA) is 16.6 Å². The first kappa shape index (κ1) is 30.9. The first-order valence-electron chi connectivity index (χ1n) is 18.1. The Bertz CT molecular complexity index is 2950. The van der Waals surface area contributed by atoms with E-state index in [0.29, 0.717) is 0 Å². The molecule has 0 spiro atoms. The minimum Gasteiger partial charge on any atom is -0.343 e. The average Bonchev–Trinajstić information content (AvgIpc) is 3.51. The van der Waals surface area contributed by atoms with Gasteiger partial charge in [0.25, 0.3) is 0 Å². The van der Waals surface area contributed by atoms with E-state index in [1.165, 1.54) is 32.9 Å². The summed E-state index contributed by atoms with van der Waals surface area (Å²) in [6, 6.07) is 57.1. The van der Waals surface area contributed by atoms with Gasteiger partial charge in [-0.25, -0.2) is 0 Å². The molecule has 5 heterocycles. The van der Waals surface area contributed by atoms with E-state index < -0.39 is 0 Å². The molecular formula is C49H37N4+3. The van der Waals surface area contributed by atoms with Gasteiger partial charge in [-0.15, -0.1) is 0 Å². The summed E-state index contributed by atoms with van der Waals surface area (Å²) < 4.78 is 9.28. The van der Waals surface area contributed by atoms with Crippen LogP contribution in [-0.4, -0.2) is 4.57 Å². The number of fused-ring (bicyclic) bond motifs is 14. The number of benzene rings is 5. The molecule has 53 heavy (non-hydrogen) atoms. The lowest BCUT2D eigenvalue weighted by molar-refractivity contribution is -0.591. The number of para-hydroxylation sites is 3. The molecule has 0 saturated carbocycles. The maximum Gasteiger partial charge on any atom is 0.225 e. The first-order valence-corrected chi connectivity index (χ1v) is 18.1. The fourth-order valence-electron chi connectivity index (χ4n) is 8.38. The SMILES string of the molecule is C=C1c2ccccc2-c2cccc[n+]2-c2ccccc2-c2cc(-c3cccc4c5ccccc5n(C)c34)cc[n+]2-c2ccc(C)cc2-c2cccc[n+]21. The third-order valence-corrected chi connectivity index (χ3v) is 10.8. The van der Waals surface area contributed by atoms with Crippen LogP contribution in [0.3, 0.4) is 0 Å². The second-order valence-corrected chi connectivity index (χ2v) is 13.9. The van der Waals surface area contributed by atoms with E-state index in [0.717, 1.165) is 62.0 Å². The maximum absolute atomic E-state index is 4.74. The number of aromatic nitrogens is 4. The third-order valence-electron chi connectivity index (χ3n) is 10.8. The molecule has 0 N–H and O–H groups in total. The molecule has 250 valence electrons. The van der Waals surface area contributed by atoms with E-state index in [2.05, 4.69) is 209 Å². The van der Waals surface area contributed by atoms with Gasteiger partial charge in [-0.2, -0.15) is 13.7 Å². The second-order valence-electron chi connectivity index (χ2n) is 13.9. The molecular weight excluding hydrogens is 645 g/mol. The largest absolute Gasteiger partial charge is 0.343 e. The third kappa shape index (κ3) is 4.80. The van der Waals surface area contributed by atoms with Crippen molar-refractivity contribution in [2.45, 2.75) is 6.92 Å². The number of hydrogen-bond acceptors (Lipinski definition) is 0. The van der Waals surface area contributed by atoms with Gasteiger partial charge in [0.05, 0.1) is 16.6 Å². The maximum atomic E-state index is 4.74. The highest BCUT2D eigenvalue weighted by Crippen LogP contribution is 2.38. The van der Waals surface area contributed by atoms with Crippen molar-refractivity contribution in [3.05, 3.63) is 194 Å². The lowest BCUT2D eigenvalue weighted by Crippen LogP contribution is -2.38. The lowest BCUT2D eigenvalue weighted by Gasteiger charge is -2.12. The van der Waals surface area contributed by atoms with Gasteiger partial charge >= 0.3 is 0 Å². The van der Waals surface area contributed by atoms with Crippen molar-refractivity contribution in [2.24, 2.45) is 7.05 Å². The van der Waals surface area contributed by atoms with Gasteiger partial charge in [0.1, 0.15) is 11.1 Å². The van der Waals surface area contributed by atoms with Crippen LogP contribution in [0.15, 0.2) is 183 Å². The van der Waals surface area contributed by atoms with Crippen LogP contribution in [0.25, 0.3) is 83.8 Å². The summed E-state index contributed by atoms with van der Waals surface area (Å²) in [7, 11) is 2.18. The minimum absolute atomic E-state index is 0.912. The van der Waals surface area contributed by atoms with Gasteiger partial charge in [0.15, 0.2) is 18.6 Å². The van der Waals surface area contributed by atoms with Gasteiger partial charge in [0.2, 0.25) is 34.2 Å². The summed E-state index contributed by atoms with van der Waals surface area (Å²) in [5, 5.41) is 2.53. The van der Waals surface area contributed by atoms with Crippen molar-refractivity contribution >= 4 is 27.5 Å². The molecule has 0 saturated heterocycles. The Morgan fingerprint density at radius 1 is 0.453 bits per heavy atom. The van der Waals surface area contributed by atoms with Gasteiger partial charge < -0.3 is 4.57 Å². The highest BCUT2D eigenvalue weighted by molar-refractivity contribution is 6.12. The Balaban J connectivity index is 1.35. The summed E-state index contributed by atoms with van der Waals surface area (Å²) in [6.45, 7) is 6.91. The zero-order valence-corrected chi connectivity index (χ0v) is 29.7. The van der Waals surface area contributed by atoms with Crippen LogP contribution in [0.5, 0.6) is 0 Å². The van der Waals surface area contributed by atoms with E-state index >= 15 is 0 Å². The first-order chi connectivity index (χ1) is 26.1. The molecule has 1 aliphatic heterocycles. The quantitative estimate of drug-likeness (QED) is 0.154. The number of nitrogens with zero attached hydrogens (tertiary/aromatic N) is 4. The van der Waals surface area contributed by atoms with Crippen molar-refractivity contribution in [1.29, 1.82) is 0 Å². The minimum atomic E-state index is 0.912. The summed E-state index contributed by atoms with van der Waals surface area (Å²) in [6.07, 6.45) is 6.56. The van der Waals surface area contributed by atoms with E-state index in [1.54, 1.807) is 0 Å². The van der Waals surface area contributed by atoms with Crippen molar-refractivity contribution < 1.29 is 13.7 Å². The molecule has 10 rings (SSSR count). The smallest absolute Gasteiger partial charge is 0.225 e. The Hall–Kier alpha value is -6.91. The second kappa shape index (κ2) is 12.1. The summed E-state index contributed by atoms with van der Waals surface area (Å²) in [5.74, 6) is 0. The van der Waals surface area contributed by atoms with Crippen molar-refractivity contribution in [1.82, 2.24) is 4.57 Å². The molecule has 9 aromatic rings. The van der Waals surface area contributed by atoms with Crippen LogP contribution in [0.1, 0.15) is 11.1 Å². The molecule has 0 aliphatic carbocycles. The Morgan fingerprint density at radius 2 is 1.08 bits per heavy atom. The number of rotatable bonds is 1.